The zero-order valence-corrected chi connectivity index (χ0v) is 12.6. The average molecular weight is 289 g/mol. The van der Waals surface area contributed by atoms with Crippen LogP contribution in [0.25, 0.3) is 0 Å². The molecule has 1 saturated heterocycles. The first-order valence-corrected chi connectivity index (χ1v) is 7.40. The molecule has 1 heterocycles. The number of carbonyl (C=O) groups is 1. The third-order valence-electron chi connectivity index (χ3n) is 3.44. The first kappa shape index (κ1) is 15.7. The summed E-state index contributed by atoms with van der Waals surface area (Å²) in [5.74, 6) is -0.114. The molecule has 1 aromatic rings. The summed E-state index contributed by atoms with van der Waals surface area (Å²) in [6, 6.07) is 8.04. The van der Waals surface area contributed by atoms with Gasteiger partial charge in [-0.25, -0.2) is 0 Å². The van der Waals surface area contributed by atoms with Gasteiger partial charge < -0.3 is 14.8 Å². The first-order valence-electron chi connectivity index (χ1n) is 7.40. The number of hydrogen-bond donors (Lipinski definition) is 1. The highest BCUT2D eigenvalue weighted by atomic mass is 16.7. The molecule has 1 aliphatic rings. The molecule has 0 spiro atoms. The molecular formula is C17H23NO3. The summed E-state index contributed by atoms with van der Waals surface area (Å²) in [4.78, 5) is 11.4. The van der Waals surface area contributed by atoms with Crippen LogP contribution in [0.1, 0.15) is 37.3 Å². The van der Waals surface area contributed by atoms with Crippen molar-refractivity contribution in [2.24, 2.45) is 0 Å². The van der Waals surface area contributed by atoms with E-state index in [1.165, 1.54) is 6.42 Å². The lowest BCUT2D eigenvalue weighted by Crippen LogP contribution is -2.23. The van der Waals surface area contributed by atoms with Gasteiger partial charge in [-0.3, -0.25) is 4.79 Å². The van der Waals surface area contributed by atoms with Crippen LogP contribution in [0.2, 0.25) is 0 Å². The summed E-state index contributed by atoms with van der Waals surface area (Å²) in [7, 11) is 0. The fraction of sp³-hybridized carbons (Fsp3) is 0.471. The van der Waals surface area contributed by atoms with Gasteiger partial charge in [-0.2, -0.15) is 0 Å². The number of benzene rings is 1. The lowest BCUT2D eigenvalue weighted by molar-refractivity contribution is -0.168. The minimum atomic E-state index is -0.114. The van der Waals surface area contributed by atoms with Crippen molar-refractivity contribution >= 4 is 5.91 Å². The molecule has 1 amide bonds. The van der Waals surface area contributed by atoms with Crippen molar-refractivity contribution in [2.45, 2.75) is 45.6 Å². The molecule has 114 valence electrons. The van der Waals surface area contributed by atoms with Crippen LogP contribution in [0.15, 0.2) is 36.4 Å². The number of amides is 1. The van der Waals surface area contributed by atoms with Crippen molar-refractivity contribution in [1.29, 1.82) is 0 Å². The Morgan fingerprint density at radius 1 is 1.33 bits per heavy atom. The summed E-state index contributed by atoms with van der Waals surface area (Å²) in [5, 5.41) is 2.81. The summed E-state index contributed by atoms with van der Waals surface area (Å²) in [6.07, 6.45) is 3.22. The van der Waals surface area contributed by atoms with Crippen molar-refractivity contribution in [1.82, 2.24) is 5.32 Å². The van der Waals surface area contributed by atoms with Gasteiger partial charge in [-0.1, -0.05) is 30.8 Å². The van der Waals surface area contributed by atoms with E-state index in [0.717, 1.165) is 30.6 Å². The SMILES string of the molecule is C=C(C)C(=O)NCc1ccc(COC2CCCCO2)cc1. The van der Waals surface area contributed by atoms with Crippen molar-refractivity contribution in [2.75, 3.05) is 6.61 Å². The zero-order valence-electron chi connectivity index (χ0n) is 12.6. The molecule has 1 fully saturated rings. The Bertz CT molecular complexity index is 475. The van der Waals surface area contributed by atoms with E-state index < -0.39 is 0 Å². The zero-order chi connectivity index (χ0) is 15.1. The van der Waals surface area contributed by atoms with Gasteiger partial charge >= 0.3 is 0 Å². The highest BCUT2D eigenvalue weighted by molar-refractivity contribution is 5.91. The van der Waals surface area contributed by atoms with Crippen molar-refractivity contribution in [3.8, 4) is 0 Å². The van der Waals surface area contributed by atoms with E-state index in [0.29, 0.717) is 18.7 Å². The Labute approximate surface area is 126 Å². The van der Waals surface area contributed by atoms with Crippen molar-refractivity contribution in [3.63, 3.8) is 0 Å². The highest BCUT2D eigenvalue weighted by Crippen LogP contribution is 2.15. The second kappa shape index (κ2) is 7.96. The molecule has 0 radical (unpaired) electrons. The van der Waals surface area contributed by atoms with E-state index in [2.05, 4.69) is 11.9 Å². The van der Waals surface area contributed by atoms with Gasteiger partial charge in [-0.05, 0) is 37.3 Å². The quantitative estimate of drug-likeness (QED) is 0.819. The van der Waals surface area contributed by atoms with Crippen LogP contribution in [-0.4, -0.2) is 18.8 Å². The predicted octanol–water partition coefficient (Wildman–Crippen LogP) is 2.92. The van der Waals surface area contributed by atoms with E-state index in [-0.39, 0.29) is 12.2 Å². The molecule has 0 aromatic heterocycles. The van der Waals surface area contributed by atoms with Crippen LogP contribution >= 0.6 is 0 Å². The van der Waals surface area contributed by atoms with Crippen LogP contribution in [0.3, 0.4) is 0 Å². The smallest absolute Gasteiger partial charge is 0.246 e. The molecule has 4 heteroatoms. The summed E-state index contributed by atoms with van der Waals surface area (Å²) < 4.78 is 11.3. The maximum absolute atomic E-state index is 11.4. The maximum Gasteiger partial charge on any atom is 0.246 e. The lowest BCUT2D eigenvalue weighted by Gasteiger charge is -2.22. The standard InChI is InChI=1S/C17H23NO3/c1-13(2)17(19)18-11-14-6-8-15(9-7-14)12-21-16-5-3-4-10-20-16/h6-9,16H,1,3-5,10-12H2,2H3,(H,18,19). The van der Waals surface area contributed by atoms with Gasteiger partial charge in [0.1, 0.15) is 0 Å². The van der Waals surface area contributed by atoms with Gasteiger partial charge in [0.25, 0.3) is 0 Å². The molecule has 1 aliphatic heterocycles. The highest BCUT2D eigenvalue weighted by Gasteiger charge is 2.13. The van der Waals surface area contributed by atoms with E-state index in [1.807, 2.05) is 24.3 Å². The fourth-order valence-electron chi connectivity index (χ4n) is 2.12. The van der Waals surface area contributed by atoms with Gasteiger partial charge in [0.15, 0.2) is 6.29 Å². The Balaban J connectivity index is 1.76. The molecule has 4 nitrogen and oxygen atoms in total. The molecule has 0 aliphatic carbocycles. The number of rotatable bonds is 6. The van der Waals surface area contributed by atoms with E-state index in [1.54, 1.807) is 6.92 Å². The molecule has 1 N–H and O–H groups in total. The molecule has 1 unspecified atom stereocenters. The number of hydrogen-bond acceptors (Lipinski definition) is 3. The Morgan fingerprint density at radius 2 is 2.05 bits per heavy atom. The molecule has 0 bridgehead atoms. The Morgan fingerprint density at radius 3 is 2.67 bits per heavy atom. The third kappa shape index (κ3) is 5.33. The van der Waals surface area contributed by atoms with E-state index >= 15 is 0 Å². The summed E-state index contributed by atoms with van der Waals surface area (Å²) >= 11 is 0. The van der Waals surface area contributed by atoms with E-state index in [4.69, 9.17) is 9.47 Å². The fourth-order valence-corrected chi connectivity index (χ4v) is 2.12. The molecule has 2 rings (SSSR count). The Hall–Kier alpha value is -1.65. The molecule has 1 atom stereocenters. The molecular weight excluding hydrogens is 266 g/mol. The topological polar surface area (TPSA) is 47.6 Å². The van der Waals surface area contributed by atoms with Crippen molar-refractivity contribution in [3.05, 3.63) is 47.5 Å². The molecule has 1 aromatic carbocycles. The third-order valence-corrected chi connectivity index (χ3v) is 3.44. The second-order valence-electron chi connectivity index (χ2n) is 5.39. The minimum Gasteiger partial charge on any atom is -0.353 e. The van der Waals surface area contributed by atoms with Gasteiger partial charge in [0, 0.05) is 18.7 Å². The van der Waals surface area contributed by atoms with Crippen LogP contribution < -0.4 is 5.32 Å². The number of nitrogens with one attached hydrogen (secondary N) is 1. The largest absolute Gasteiger partial charge is 0.353 e. The summed E-state index contributed by atoms with van der Waals surface area (Å²) in [6.45, 7) is 7.18. The Kier molecular flexibility index (Phi) is 5.96. The predicted molar refractivity (Wildman–Crippen MR) is 81.5 cm³/mol. The first-order chi connectivity index (χ1) is 10.1. The number of ether oxygens (including phenoxy) is 2. The monoisotopic (exact) mass is 289 g/mol. The van der Waals surface area contributed by atoms with Gasteiger partial charge in [0.05, 0.1) is 6.61 Å². The summed E-state index contributed by atoms with van der Waals surface area (Å²) in [5.41, 5.74) is 2.69. The minimum absolute atomic E-state index is 0.0618. The normalized spacial score (nSPS) is 18.2. The van der Waals surface area contributed by atoms with Crippen molar-refractivity contribution < 1.29 is 14.3 Å². The van der Waals surface area contributed by atoms with Gasteiger partial charge in [-0.15, -0.1) is 0 Å². The second-order valence-corrected chi connectivity index (χ2v) is 5.39. The van der Waals surface area contributed by atoms with Crippen LogP contribution in [0.4, 0.5) is 0 Å². The van der Waals surface area contributed by atoms with E-state index in [9.17, 15) is 4.79 Å². The average Bonchev–Trinajstić information content (AvgIpc) is 2.52. The lowest BCUT2D eigenvalue weighted by atomic mass is 10.1. The van der Waals surface area contributed by atoms with Crippen LogP contribution in [0, 0.1) is 0 Å². The van der Waals surface area contributed by atoms with Gasteiger partial charge in [0.2, 0.25) is 5.91 Å². The number of carbonyl (C=O) groups excluding carboxylic acids is 1. The van der Waals surface area contributed by atoms with Crippen LogP contribution in [0.5, 0.6) is 0 Å². The van der Waals surface area contributed by atoms with Crippen LogP contribution in [-0.2, 0) is 27.4 Å². The molecule has 21 heavy (non-hydrogen) atoms. The molecule has 0 saturated carbocycles. The maximum atomic E-state index is 11.4.